The van der Waals surface area contributed by atoms with Crippen molar-refractivity contribution in [2.45, 2.75) is 20.3 Å². The molecule has 0 aliphatic heterocycles. The van der Waals surface area contributed by atoms with E-state index in [1.807, 2.05) is 6.92 Å². The highest BCUT2D eigenvalue weighted by Crippen LogP contribution is 2.23. The van der Waals surface area contributed by atoms with Crippen LogP contribution in [-0.2, 0) is 0 Å². The van der Waals surface area contributed by atoms with Crippen LogP contribution < -0.4 is 5.32 Å². The molecule has 2 N–H and O–H groups in total. The van der Waals surface area contributed by atoms with E-state index in [2.05, 4.69) is 10.3 Å². The fraction of sp³-hybridized carbons (Fsp3) is 0.500. The Morgan fingerprint density at radius 2 is 2.38 bits per heavy atom. The van der Waals surface area contributed by atoms with Crippen molar-refractivity contribution in [2.24, 2.45) is 0 Å². The first-order chi connectivity index (χ1) is 6.15. The molecule has 0 spiro atoms. The van der Waals surface area contributed by atoms with E-state index in [0.29, 0.717) is 5.00 Å². The highest BCUT2D eigenvalue weighted by Gasteiger charge is 2.14. The van der Waals surface area contributed by atoms with E-state index in [0.717, 1.165) is 18.0 Å². The number of carboxylic acid groups (broad SMARTS) is 1. The number of hydrogen-bond acceptors (Lipinski definition) is 4. The molecule has 5 heteroatoms. The van der Waals surface area contributed by atoms with Crippen molar-refractivity contribution in [1.82, 2.24) is 4.98 Å². The fourth-order valence-electron chi connectivity index (χ4n) is 0.930. The number of aromatic carboxylic acids is 1. The van der Waals surface area contributed by atoms with Gasteiger partial charge in [0, 0.05) is 6.54 Å². The molecule has 1 aromatic heterocycles. The van der Waals surface area contributed by atoms with Gasteiger partial charge >= 0.3 is 5.97 Å². The molecule has 1 rings (SSSR count). The van der Waals surface area contributed by atoms with Crippen LogP contribution in [0.5, 0.6) is 0 Å². The lowest BCUT2D eigenvalue weighted by Gasteiger charge is -2.00. The molecule has 0 aliphatic carbocycles. The molecule has 0 aromatic carbocycles. The van der Waals surface area contributed by atoms with E-state index >= 15 is 0 Å². The lowest BCUT2D eigenvalue weighted by Crippen LogP contribution is -2.05. The first-order valence-electron chi connectivity index (χ1n) is 4.09. The monoisotopic (exact) mass is 200 g/mol. The molecule has 13 heavy (non-hydrogen) atoms. The normalized spacial score (nSPS) is 10.0. The Balaban J connectivity index is 2.84. The van der Waals surface area contributed by atoms with Gasteiger partial charge in [0.15, 0.2) is 5.69 Å². The van der Waals surface area contributed by atoms with Crippen molar-refractivity contribution in [3.05, 3.63) is 10.7 Å². The van der Waals surface area contributed by atoms with Gasteiger partial charge in [0.05, 0.1) is 5.01 Å². The molecule has 0 radical (unpaired) electrons. The van der Waals surface area contributed by atoms with Crippen LogP contribution in [-0.4, -0.2) is 22.6 Å². The minimum Gasteiger partial charge on any atom is -0.476 e. The van der Waals surface area contributed by atoms with Crippen LogP contribution in [0.3, 0.4) is 0 Å². The molecule has 0 atom stereocenters. The van der Waals surface area contributed by atoms with E-state index in [4.69, 9.17) is 5.11 Å². The van der Waals surface area contributed by atoms with Crippen molar-refractivity contribution < 1.29 is 9.90 Å². The Hall–Kier alpha value is -1.10. The second-order valence-corrected chi connectivity index (χ2v) is 3.85. The van der Waals surface area contributed by atoms with E-state index in [1.165, 1.54) is 11.3 Å². The topological polar surface area (TPSA) is 62.2 Å². The molecule has 1 heterocycles. The molecule has 0 bridgehead atoms. The van der Waals surface area contributed by atoms with Crippen molar-refractivity contribution in [2.75, 3.05) is 11.9 Å². The maximum atomic E-state index is 10.7. The van der Waals surface area contributed by atoms with Crippen molar-refractivity contribution >= 4 is 22.3 Å². The number of thiazole rings is 1. The van der Waals surface area contributed by atoms with Gasteiger partial charge in [-0.05, 0) is 13.3 Å². The molecule has 0 saturated carbocycles. The van der Waals surface area contributed by atoms with Crippen LogP contribution in [0.2, 0.25) is 0 Å². The number of anilines is 1. The maximum Gasteiger partial charge on any atom is 0.357 e. The van der Waals surface area contributed by atoms with Crippen molar-refractivity contribution in [3.8, 4) is 0 Å². The fourth-order valence-corrected chi connectivity index (χ4v) is 1.77. The summed E-state index contributed by atoms with van der Waals surface area (Å²) >= 11 is 1.38. The lowest BCUT2D eigenvalue weighted by molar-refractivity contribution is 0.0692. The van der Waals surface area contributed by atoms with Gasteiger partial charge in [-0.3, -0.25) is 0 Å². The van der Waals surface area contributed by atoms with Gasteiger partial charge in [0.25, 0.3) is 0 Å². The smallest absolute Gasteiger partial charge is 0.357 e. The van der Waals surface area contributed by atoms with Gasteiger partial charge in [-0.1, -0.05) is 6.92 Å². The van der Waals surface area contributed by atoms with Crippen molar-refractivity contribution in [3.63, 3.8) is 0 Å². The molecule has 4 nitrogen and oxygen atoms in total. The Morgan fingerprint density at radius 1 is 1.69 bits per heavy atom. The number of nitrogens with one attached hydrogen (secondary N) is 1. The number of aryl methyl sites for hydroxylation is 1. The third-order valence-electron chi connectivity index (χ3n) is 1.47. The van der Waals surface area contributed by atoms with Gasteiger partial charge in [-0.25, -0.2) is 9.78 Å². The summed E-state index contributed by atoms with van der Waals surface area (Å²) in [5, 5.41) is 13.3. The third kappa shape index (κ3) is 2.42. The first kappa shape index (κ1) is 9.98. The highest BCUT2D eigenvalue weighted by molar-refractivity contribution is 7.16. The van der Waals surface area contributed by atoms with Crippen LogP contribution >= 0.6 is 11.3 Å². The summed E-state index contributed by atoms with van der Waals surface area (Å²) in [6, 6.07) is 0. The molecule has 1 aromatic rings. The third-order valence-corrected chi connectivity index (χ3v) is 2.40. The Bertz CT molecular complexity index is 309. The summed E-state index contributed by atoms with van der Waals surface area (Å²) < 4.78 is 0. The predicted octanol–water partition coefficient (Wildman–Crippen LogP) is 1.97. The largest absolute Gasteiger partial charge is 0.476 e. The van der Waals surface area contributed by atoms with Crippen LogP contribution in [0.15, 0.2) is 0 Å². The number of aromatic nitrogens is 1. The van der Waals surface area contributed by atoms with Gasteiger partial charge in [-0.2, -0.15) is 0 Å². The van der Waals surface area contributed by atoms with Gasteiger partial charge in [0.2, 0.25) is 0 Å². The quantitative estimate of drug-likeness (QED) is 0.780. The van der Waals surface area contributed by atoms with Gasteiger partial charge in [-0.15, -0.1) is 11.3 Å². The zero-order valence-electron chi connectivity index (χ0n) is 7.63. The lowest BCUT2D eigenvalue weighted by atomic mass is 10.4. The molecular weight excluding hydrogens is 188 g/mol. The zero-order valence-corrected chi connectivity index (χ0v) is 8.44. The average Bonchev–Trinajstić information content (AvgIpc) is 2.43. The van der Waals surface area contributed by atoms with Crippen molar-refractivity contribution in [1.29, 1.82) is 0 Å². The van der Waals surface area contributed by atoms with Crippen LogP contribution in [0.4, 0.5) is 5.00 Å². The summed E-state index contributed by atoms with van der Waals surface area (Å²) in [6.45, 7) is 4.61. The molecule has 0 amide bonds. The predicted molar refractivity (Wildman–Crippen MR) is 52.6 cm³/mol. The maximum absolute atomic E-state index is 10.7. The van der Waals surface area contributed by atoms with E-state index in [-0.39, 0.29) is 5.69 Å². The Kier molecular flexibility index (Phi) is 3.25. The molecular formula is C8H12N2O2S. The molecule has 0 unspecified atom stereocenters. The number of rotatable bonds is 4. The summed E-state index contributed by atoms with van der Waals surface area (Å²) in [4.78, 5) is 14.6. The summed E-state index contributed by atoms with van der Waals surface area (Å²) in [7, 11) is 0. The van der Waals surface area contributed by atoms with E-state index in [1.54, 1.807) is 6.92 Å². The van der Waals surface area contributed by atoms with E-state index in [9.17, 15) is 4.79 Å². The average molecular weight is 200 g/mol. The Labute approximate surface area is 80.6 Å². The van der Waals surface area contributed by atoms with Crippen LogP contribution in [0.25, 0.3) is 0 Å². The second kappa shape index (κ2) is 4.23. The summed E-state index contributed by atoms with van der Waals surface area (Å²) in [5.41, 5.74) is 0.135. The second-order valence-electron chi connectivity index (χ2n) is 2.64. The number of hydrogen-bond donors (Lipinski definition) is 2. The van der Waals surface area contributed by atoms with Crippen LogP contribution in [0, 0.1) is 6.92 Å². The first-order valence-corrected chi connectivity index (χ1v) is 4.91. The summed E-state index contributed by atoms with van der Waals surface area (Å²) in [6.07, 6.45) is 0.968. The molecule has 0 aliphatic rings. The minimum absolute atomic E-state index is 0.135. The molecule has 0 fully saturated rings. The number of carboxylic acids is 1. The standard InChI is InChI=1S/C8H12N2O2S/c1-3-4-9-7-6(8(11)12)10-5(2)13-7/h9H,3-4H2,1-2H3,(H,11,12). The van der Waals surface area contributed by atoms with Crippen LogP contribution in [0.1, 0.15) is 28.8 Å². The minimum atomic E-state index is -0.969. The Morgan fingerprint density at radius 3 is 2.92 bits per heavy atom. The zero-order chi connectivity index (χ0) is 9.84. The summed E-state index contributed by atoms with van der Waals surface area (Å²) in [5.74, 6) is -0.969. The molecule has 72 valence electrons. The SMILES string of the molecule is CCCNc1sc(C)nc1C(=O)O. The van der Waals surface area contributed by atoms with Gasteiger partial charge < -0.3 is 10.4 Å². The molecule has 0 saturated heterocycles. The van der Waals surface area contributed by atoms with E-state index < -0.39 is 5.97 Å². The number of nitrogens with zero attached hydrogens (tertiary/aromatic N) is 1. The number of carbonyl (C=O) groups is 1. The highest BCUT2D eigenvalue weighted by atomic mass is 32.1. The van der Waals surface area contributed by atoms with Gasteiger partial charge in [0.1, 0.15) is 5.00 Å².